The second-order valence-corrected chi connectivity index (χ2v) is 6.96. The van der Waals surface area contributed by atoms with E-state index in [0.29, 0.717) is 24.3 Å². The third kappa shape index (κ3) is 8.22. The van der Waals surface area contributed by atoms with Crippen LogP contribution in [0.5, 0.6) is 5.75 Å². The molecule has 0 aliphatic carbocycles. The number of rotatable bonds is 11. The Balaban J connectivity index is 1.75. The highest BCUT2D eigenvalue weighted by Crippen LogP contribution is 2.29. The summed E-state index contributed by atoms with van der Waals surface area (Å²) in [5.41, 5.74) is 0.541. The topological polar surface area (TPSA) is 73.9 Å². The molecular formula is C23H26F3NO5. The van der Waals surface area contributed by atoms with Crippen molar-refractivity contribution < 1.29 is 37.0 Å². The Hall–Kier alpha value is -3.07. The molecule has 2 rings (SSSR count). The van der Waals surface area contributed by atoms with E-state index in [2.05, 4.69) is 5.32 Å². The Kier molecular flexibility index (Phi) is 9.52. The Labute approximate surface area is 184 Å². The highest BCUT2D eigenvalue weighted by Gasteiger charge is 2.30. The van der Waals surface area contributed by atoms with Crippen molar-refractivity contribution in [3.63, 3.8) is 0 Å². The van der Waals surface area contributed by atoms with E-state index in [9.17, 15) is 22.8 Å². The fraction of sp³-hybridized carbons (Fsp3) is 0.391. The van der Waals surface area contributed by atoms with Crippen LogP contribution >= 0.6 is 0 Å². The zero-order valence-electron chi connectivity index (χ0n) is 17.9. The van der Waals surface area contributed by atoms with Gasteiger partial charge in [-0.25, -0.2) is 4.79 Å². The van der Waals surface area contributed by atoms with Gasteiger partial charge in [-0.3, -0.25) is 4.79 Å². The molecule has 0 fully saturated rings. The van der Waals surface area contributed by atoms with Gasteiger partial charge in [-0.2, -0.15) is 13.2 Å². The molecule has 32 heavy (non-hydrogen) atoms. The third-order valence-electron chi connectivity index (χ3n) is 4.52. The van der Waals surface area contributed by atoms with Crippen molar-refractivity contribution in [3.05, 3.63) is 65.2 Å². The van der Waals surface area contributed by atoms with Crippen molar-refractivity contribution in [2.75, 3.05) is 20.3 Å². The molecule has 1 N–H and O–H groups in total. The fourth-order valence-corrected chi connectivity index (χ4v) is 2.87. The number of carbonyl (C=O) groups is 2. The average molecular weight is 453 g/mol. The van der Waals surface area contributed by atoms with Gasteiger partial charge in [0.2, 0.25) is 0 Å². The number of hydrogen-bond donors (Lipinski definition) is 1. The van der Waals surface area contributed by atoms with Crippen molar-refractivity contribution in [2.45, 2.75) is 38.6 Å². The zero-order valence-corrected chi connectivity index (χ0v) is 17.9. The lowest BCUT2D eigenvalue weighted by Crippen LogP contribution is -2.28. The monoisotopic (exact) mass is 453 g/mol. The van der Waals surface area contributed by atoms with E-state index in [1.807, 2.05) is 13.0 Å². The quantitative estimate of drug-likeness (QED) is 0.520. The second-order valence-electron chi connectivity index (χ2n) is 6.96. The summed E-state index contributed by atoms with van der Waals surface area (Å²) in [5.74, 6) is -0.463. The first-order valence-electron chi connectivity index (χ1n) is 10.1. The molecule has 0 aliphatic heterocycles. The first kappa shape index (κ1) is 25.2. The van der Waals surface area contributed by atoms with Gasteiger partial charge in [0.1, 0.15) is 5.75 Å². The maximum absolute atomic E-state index is 12.7. The Bertz CT molecular complexity index is 901. The second kappa shape index (κ2) is 12.1. The van der Waals surface area contributed by atoms with Gasteiger partial charge >= 0.3 is 18.1 Å². The minimum Gasteiger partial charge on any atom is -0.479 e. The molecule has 0 bridgehead atoms. The molecule has 1 atom stereocenters. The molecular weight excluding hydrogens is 427 g/mol. The van der Waals surface area contributed by atoms with E-state index < -0.39 is 29.8 Å². The van der Waals surface area contributed by atoms with Crippen LogP contribution in [0, 0.1) is 0 Å². The van der Waals surface area contributed by atoms with Crippen LogP contribution in [0.15, 0.2) is 48.5 Å². The maximum atomic E-state index is 12.7. The molecule has 0 spiro atoms. The molecule has 2 aromatic carbocycles. The van der Waals surface area contributed by atoms with Gasteiger partial charge in [-0.05, 0) is 35.7 Å². The van der Waals surface area contributed by atoms with E-state index in [-0.39, 0.29) is 19.6 Å². The molecule has 0 saturated carbocycles. The first-order valence-corrected chi connectivity index (χ1v) is 10.1. The third-order valence-corrected chi connectivity index (χ3v) is 4.52. The molecule has 174 valence electrons. The number of hydrogen-bond acceptors (Lipinski definition) is 6. The Morgan fingerprint density at radius 1 is 1.06 bits per heavy atom. The van der Waals surface area contributed by atoms with Crippen LogP contribution in [-0.2, 0) is 38.2 Å². The van der Waals surface area contributed by atoms with Crippen molar-refractivity contribution in [3.8, 4) is 5.75 Å². The number of carbonyl (C=O) groups excluding carboxylic acids is 2. The van der Waals surface area contributed by atoms with E-state index in [1.54, 1.807) is 24.3 Å². The minimum absolute atomic E-state index is 0.0168. The predicted molar refractivity (Wildman–Crippen MR) is 111 cm³/mol. The molecule has 2 aromatic rings. The van der Waals surface area contributed by atoms with Gasteiger partial charge in [0.15, 0.2) is 6.10 Å². The molecule has 1 unspecified atom stereocenters. The summed E-state index contributed by atoms with van der Waals surface area (Å²) in [6.45, 7) is 2.09. The van der Waals surface area contributed by atoms with Gasteiger partial charge in [-0.1, -0.05) is 37.3 Å². The standard InChI is InChI=1S/C23H26F3NO5/c1-3-20(22(29)30-2)32-19-9-5-7-17(13-19)14-27-15-21(28)31-11-10-16-6-4-8-18(12-16)23(24,25)26/h4-9,12-13,20,27H,3,10-11,14-15H2,1-2H3. The summed E-state index contributed by atoms with van der Waals surface area (Å²) in [5, 5.41) is 2.94. The number of halogens is 3. The minimum atomic E-state index is -4.41. The van der Waals surface area contributed by atoms with Crippen molar-refractivity contribution >= 4 is 11.9 Å². The first-order chi connectivity index (χ1) is 15.2. The molecule has 9 heteroatoms. The average Bonchev–Trinajstić information content (AvgIpc) is 2.77. The molecule has 0 saturated heterocycles. The summed E-state index contributed by atoms with van der Waals surface area (Å²) in [6.07, 6.45) is -4.46. The summed E-state index contributed by atoms with van der Waals surface area (Å²) in [7, 11) is 1.30. The van der Waals surface area contributed by atoms with Crippen LogP contribution in [0.3, 0.4) is 0 Å². The van der Waals surface area contributed by atoms with Gasteiger partial charge in [-0.15, -0.1) is 0 Å². The largest absolute Gasteiger partial charge is 0.479 e. The van der Waals surface area contributed by atoms with Crippen LogP contribution < -0.4 is 10.1 Å². The van der Waals surface area contributed by atoms with Crippen LogP contribution in [0.1, 0.15) is 30.0 Å². The fourth-order valence-electron chi connectivity index (χ4n) is 2.87. The van der Waals surface area contributed by atoms with Gasteiger partial charge in [0, 0.05) is 13.0 Å². The molecule has 0 heterocycles. The number of methoxy groups -OCH3 is 1. The van der Waals surface area contributed by atoms with Crippen LogP contribution in [-0.4, -0.2) is 38.3 Å². The van der Waals surface area contributed by atoms with Gasteiger partial charge in [0.25, 0.3) is 0 Å². The van der Waals surface area contributed by atoms with Gasteiger partial charge in [0.05, 0.1) is 25.8 Å². The number of benzene rings is 2. The predicted octanol–water partition coefficient (Wildman–Crippen LogP) is 3.91. The Morgan fingerprint density at radius 2 is 1.78 bits per heavy atom. The lowest BCUT2D eigenvalue weighted by molar-refractivity contribution is -0.149. The zero-order chi connectivity index (χ0) is 23.6. The summed E-state index contributed by atoms with van der Waals surface area (Å²) in [6, 6.07) is 12.0. The molecule has 0 amide bonds. The van der Waals surface area contributed by atoms with Crippen molar-refractivity contribution in [2.24, 2.45) is 0 Å². The summed E-state index contributed by atoms with van der Waals surface area (Å²) in [4.78, 5) is 23.5. The highest BCUT2D eigenvalue weighted by molar-refractivity contribution is 5.74. The van der Waals surface area contributed by atoms with Crippen LogP contribution in [0.2, 0.25) is 0 Å². The normalized spacial score (nSPS) is 12.2. The van der Waals surface area contributed by atoms with Crippen LogP contribution in [0.4, 0.5) is 13.2 Å². The number of esters is 2. The summed E-state index contributed by atoms with van der Waals surface area (Å²) >= 11 is 0. The molecule has 0 radical (unpaired) electrons. The summed E-state index contributed by atoms with van der Waals surface area (Å²) < 4.78 is 53.6. The van der Waals surface area contributed by atoms with E-state index in [0.717, 1.165) is 17.7 Å². The lowest BCUT2D eigenvalue weighted by atomic mass is 10.1. The van der Waals surface area contributed by atoms with Crippen LogP contribution in [0.25, 0.3) is 0 Å². The van der Waals surface area contributed by atoms with Crippen molar-refractivity contribution in [1.29, 1.82) is 0 Å². The number of nitrogens with one attached hydrogen (secondary N) is 1. The molecule has 0 aromatic heterocycles. The SMILES string of the molecule is CCC(Oc1cccc(CNCC(=O)OCCc2cccc(C(F)(F)F)c2)c1)C(=O)OC. The Morgan fingerprint density at radius 3 is 2.47 bits per heavy atom. The smallest absolute Gasteiger partial charge is 0.416 e. The molecule has 6 nitrogen and oxygen atoms in total. The van der Waals surface area contributed by atoms with Crippen molar-refractivity contribution in [1.82, 2.24) is 5.32 Å². The van der Waals surface area contributed by atoms with E-state index in [4.69, 9.17) is 14.2 Å². The lowest BCUT2D eigenvalue weighted by Gasteiger charge is -2.15. The van der Waals surface area contributed by atoms with Gasteiger partial charge < -0.3 is 19.5 Å². The highest BCUT2D eigenvalue weighted by atomic mass is 19.4. The van der Waals surface area contributed by atoms with E-state index in [1.165, 1.54) is 13.2 Å². The number of alkyl halides is 3. The molecule has 0 aliphatic rings. The maximum Gasteiger partial charge on any atom is 0.416 e. The van der Waals surface area contributed by atoms with E-state index >= 15 is 0 Å². The number of ether oxygens (including phenoxy) is 3.